The van der Waals surface area contributed by atoms with Crippen LogP contribution in [0.1, 0.15) is 0 Å². The van der Waals surface area contributed by atoms with Gasteiger partial charge in [-0.1, -0.05) is 29.3 Å². The molecule has 0 fully saturated rings. The van der Waals surface area contributed by atoms with Crippen molar-refractivity contribution in [1.29, 1.82) is 0 Å². The Balaban J connectivity index is 1.83. The summed E-state index contributed by atoms with van der Waals surface area (Å²) in [5.74, 6) is 0.535. The van der Waals surface area contributed by atoms with Gasteiger partial charge in [0.25, 0.3) is 0 Å². The monoisotopic (exact) mass is 431 g/mol. The zero-order valence-electron chi connectivity index (χ0n) is 14.7. The number of hydrogen-bond acceptors (Lipinski definition) is 4. The summed E-state index contributed by atoms with van der Waals surface area (Å²) in [7, 11) is 0. The lowest BCUT2D eigenvalue weighted by Gasteiger charge is -2.13. The van der Waals surface area contributed by atoms with Gasteiger partial charge in [0.2, 0.25) is 0 Å². The number of pyridine rings is 2. The fourth-order valence-electron chi connectivity index (χ4n) is 2.89. The highest BCUT2D eigenvalue weighted by atomic mass is 35.5. The van der Waals surface area contributed by atoms with Crippen LogP contribution in [-0.2, 0) is 0 Å². The standard InChI is InChI=1S/C21H13Cl2F2N3O/c22-17-7-13-8-19(12-3-2-6-26-11-12)28-20(16(13)10-18(17)23)27-14-4-1-5-15(9-14)29-21(24)25/h1-11,21H,(H,27,28). The minimum absolute atomic E-state index is 0.0406. The summed E-state index contributed by atoms with van der Waals surface area (Å²) in [6.07, 6.45) is 3.38. The fraction of sp³-hybridized carbons (Fsp3) is 0.0476. The average molecular weight is 432 g/mol. The molecule has 0 aliphatic rings. The van der Waals surface area contributed by atoms with Crippen molar-refractivity contribution >= 4 is 45.5 Å². The molecule has 1 N–H and O–H groups in total. The average Bonchev–Trinajstić information content (AvgIpc) is 2.70. The number of fused-ring (bicyclic) bond motifs is 1. The zero-order valence-corrected chi connectivity index (χ0v) is 16.3. The summed E-state index contributed by atoms with van der Waals surface area (Å²) < 4.78 is 29.5. The van der Waals surface area contributed by atoms with E-state index in [9.17, 15) is 8.78 Å². The van der Waals surface area contributed by atoms with Crippen LogP contribution < -0.4 is 10.1 Å². The second kappa shape index (κ2) is 8.19. The molecule has 8 heteroatoms. The highest BCUT2D eigenvalue weighted by molar-refractivity contribution is 6.43. The van der Waals surface area contributed by atoms with Crippen LogP contribution in [-0.4, -0.2) is 16.6 Å². The van der Waals surface area contributed by atoms with Gasteiger partial charge in [-0.05, 0) is 47.9 Å². The van der Waals surface area contributed by atoms with Crippen molar-refractivity contribution in [3.8, 4) is 17.0 Å². The first-order valence-corrected chi connectivity index (χ1v) is 9.27. The van der Waals surface area contributed by atoms with Gasteiger partial charge in [0, 0.05) is 35.1 Å². The molecule has 2 heterocycles. The highest BCUT2D eigenvalue weighted by Gasteiger charge is 2.12. The lowest BCUT2D eigenvalue weighted by Crippen LogP contribution is -2.02. The number of nitrogens with zero attached hydrogens (tertiary/aromatic N) is 2. The molecule has 0 bridgehead atoms. The minimum Gasteiger partial charge on any atom is -0.435 e. The molecule has 4 aromatic rings. The summed E-state index contributed by atoms with van der Waals surface area (Å²) in [5.41, 5.74) is 2.02. The van der Waals surface area contributed by atoms with Crippen LogP contribution in [0, 0.1) is 0 Å². The fourth-order valence-corrected chi connectivity index (χ4v) is 3.23. The van der Waals surface area contributed by atoms with Crippen LogP contribution in [0.2, 0.25) is 10.0 Å². The number of anilines is 2. The Morgan fingerprint density at radius 1 is 0.966 bits per heavy atom. The Kier molecular flexibility index (Phi) is 5.47. The second-order valence-corrected chi connectivity index (χ2v) is 6.93. The Morgan fingerprint density at radius 2 is 1.79 bits per heavy atom. The Hall–Kier alpha value is -2.96. The molecule has 0 amide bonds. The van der Waals surface area contributed by atoms with Gasteiger partial charge in [-0.3, -0.25) is 4.98 Å². The molecule has 0 spiro atoms. The summed E-state index contributed by atoms with van der Waals surface area (Å²) in [5, 5.41) is 5.50. The number of rotatable bonds is 5. The van der Waals surface area contributed by atoms with Crippen LogP contribution in [0.25, 0.3) is 22.0 Å². The lowest BCUT2D eigenvalue weighted by atomic mass is 10.1. The van der Waals surface area contributed by atoms with Gasteiger partial charge in [0.05, 0.1) is 15.7 Å². The highest BCUT2D eigenvalue weighted by Crippen LogP contribution is 2.35. The molecular weight excluding hydrogens is 419 g/mol. The predicted molar refractivity (Wildman–Crippen MR) is 111 cm³/mol. The number of benzene rings is 2. The maximum atomic E-state index is 12.5. The number of alkyl halides is 2. The molecule has 0 saturated carbocycles. The number of nitrogens with one attached hydrogen (secondary N) is 1. The summed E-state index contributed by atoms with van der Waals surface area (Å²) in [4.78, 5) is 8.82. The number of halogens is 4. The van der Waals surface area contributed by atoms with Gasteiger partial charge in [0.1, 0.15) is 11.6 Å². The van der Waals surface area contributed by atoms with Crippen LogP contribution in [0.15, 0.2) is 67.0 Å². The first kappa shape index (κ1) is 19.4. The van der Waals surface area contributed by atoms with E-state index >= 15 is 0 Å². The van der Waals surface area contributed by atoms with Gasteiger partial charge in [-0.15, -0.1) is 0 Å². The van der Waals surface area contributed by atoms with E-state index in [0.29, 0.717) is 27.2 Å². The number of hydrogen-bond donors (Lipinski definition) is 1. The maximum Gasteiger partial charge on any atom is 0.387 e. The molecule has 2 aromatic heterocycles. The van der Waals surface area contributed by atoms with Crippen LogP contribution in [0.4, 0.5) is 20.3 Å². The van der Waals surface area contributed by atoms with Crippen LogP contribution >= 0.6 is 23.2 Å². The second-order valence-electron chi connectivity index (χ2n) is 6.12. The normalized spacial score (nSPS) is 11.1. The van der Waals surface area contributed by atoms with Crippen molar-refractivity contribution < 1.29 is 13.5 Å². The van der Waals surface area contributed by atoms with Gasteiger partial charge < -0.3 is 10.1 Å². The smallest absolute Gasteiger partial charge is 0.387 e. The summed E-state index contributed by atoms with van der Waals surface area (Å²) >= 11 is 12.4. The quantitative estimate of drug-likeness (QED) is 0.371. The van der Waals surface area contributed by atoms with E-state index in [2.05, 4.69) is 20.0 Å². The summed E-state index contributed by atoms with van der Waals surface area (Å²) in [6, 6.07) is 15.3. The third kappa shape index (κ3) is 4.39. The predicted octanol–water partition coefficient (Wildman–Crippen LogP) is 6.95. The van der Waals surface area contributed by atoms with Crippen molar-refractivity contribution in [3.63, 3.8) is 0 Å². The molecule has 0 radical (unpaired) electrons. The van der Waals surface area contributed by atoms with Crippen molar-refractivity contribution in [2.24, 2.45) is 0 Å². The first-order valence-electron chi connectivity index (χ1n) is 8.52. The third-order valence-corrected chi connectivity index (χ3v) is 4.87. The van der Waals surface area contributed by atoms with E-state index in [4.69, 9.17) is 23.2 Å². The molecule has 0 aliphatic carbocycles. The minimum atomic E-state index is -2.90. The van der Waals surface area contributed by atoms with Crippen molar-refractivity contribution in [3.05, 3.63) is 77.0 Å². The van der Waals surface area contributed by atoms with Gasteiger partial charge in [-0.25, -0.2) is 4.98 Å². The maximum absolute atomic E-state index is 12.5. The molecule has 2 aromatic carbocycles. The SMILES string of the molecule is FC(F)Oc1cccc(Nc2nc(-c3cccnc3)cc3cc(Cl)c(Cl)cc23)c1. The number of ether oxygens (including phenoxy) is 1. The Labute approximate surface area is 175 Å². The molecule has 29 heavy (non-hydrogen) atoms. The molecule has 0 saturated heterocycles. The molecule has 0 aliphatic heterocycles. The lowest BCUT2D eigenvalue weighted by molar-refractivity contribution is -0.0497. The molecule has 146 valence electrons. The molecule has 4 nitrogen and oxygen atoms in total. The van der Waals surface area contributed by atoms with E-state index in [1.54, 1.807) is 36.7 Å². The van der Waals surface area contributed by atoms with E-state index < -0.39 is 6.61 Å². The van der Waals surface area contributed by atoms with Crippen LogP contribution in [0.3, 0.4) is 0 Å². The zero-order chi connectivity index (χ0) is 20.4. The van der Waals surface area contributed by atoms with E-state index in [1.165, 1.54) is 12.1 Å². The van der Waals surface area contributed by atoms with E-state index in [1.807, 2.05) is 18.2 Å². The first-order chi connectivity index (χ1) is 14.0. The van der Waals surface area contributed by atoms with E-state index in [0.717, 1.165) is 16.3 Å². The van der Waals surface area contributed by atoms with E-state index in [-0.39, 0.29) is 5.75 Å². The van der Waals surface area contributed by atoms with Gasteiger partial charge in [0.15, 0.2) is 0 Å². The summed E-state index contributed by atoms with van der Waals surface area (Å²) in [6.45, 7) is -2.90. The van der Waals surface area contributed by atoms with Crippen molar-refractivity contribution in [2.75, 3.05) is 5.32 Å². The molecule has 0 unspecified atom stereocenters. The van der Waals surface area contributed by atoms with Gasteiger partial charge in [-0.2, -0.15) is 8.78 Å². The Bertz CT molecular complexity index is 1170. The molecular formula is C21H13Cl2F2N3O. The molecule has 4 rings (SSSR count). The van der Waals surface area contributed by atoms with Gasteiger partial charge >= 0.3 is 6.61 Å². The third-order valence-electron chi connectivity index (χ3n) is 4.15. The van der Waals surface area contributed by atoms with Crippen molar-refractivity contribution in [1.82, 2.24) is 9.97 Å². The Morgan fingerprint density at radius 3 is 2.55 bits per heavy atom. The topological polar surface area (TPSA) is 47.0 Å². The largest absolute Gasteiger partial charge is 0.435 e. The van der Waals surface area contributed by atoms with Crippen LogP contribution in [0.5, 0.6) is 5.75 Å². The number of aromatic nitrogens is 2. The molecule has 0 atom stereocenters. The van der Waals surface area contributed by atoms with Crippen molar-refractivity contribution in [2.45, 2.75) is 6.61 Å².